The van der Waals surface area contributed by atoms with Gasteiger partial charge in [0, 0.05) is 23.9 Å². The van der Waals surface area contributed by atoms with Crippen LogP contribution in [0.2, 0.25) is 0 Å². The molecule has 2 amide bonds. The summed E-state index contributed by atoms with van der Waals surface area (Å²) >= 11 is 0. The van der Waals surface area contributed by atoms with Crippen LogP contribution < -0.4 is 11.1 Å². The molecule has 2 unspecified atom stereocenters. The van der Waals surface area contributed by atoms with Crippen LogP contribution in [-0.2, 0) is 4.74 Å². The maximum Gasteiger partial charge on any atom is 0.410 e. The van der Waals surface area contributed by atoms with Crippen molar-refractivity contribution in [1.82, 2.24) is 29.6 Å². The van der Waals surface area contributed by atoms with Crippen LogP contribution in [0.5, 0.6) is 0 Å². The number of ether oxygens (including phenoxy) is 1. The Bertz CT molecular complexity index is 1610. The predicted molar refractivity (Wildman–Crippen MR) is 151 cm³/mol. The summed E-state index contributed by atoms with van der Waals surface area (Å²) in [5.74, 6) is 0.962. The highest BCUT2D eigenvalue weighted by molar-refractivity contribution is 6.05. The van der Waals surface area contributed by atoms with E-state index in [1.54, 1.807) is 18.3 Å². The SMILES string of the molecule is Cc1cccnc1NC(=O)c1ccc(-c2nn(C3C[C@H]4CC3N(C(=O)OC(C)(C)C)C4)c3ncnc(N)c23)cc1. The second-order valence-electron chi connectivity index (χ2n) is 11.6. The number of carbonyl (C=O) groups is 2. The average Bonchev–Trinajstić information content (AvgIpc) is 3.62. The number of fused-ring (bicyclic) bond motifs is 3. The Kier molecular flexibility index (Phi) is 6.16. The van der Waals surface area contributed by atoms with E-state index in [-0.39, 0.29) is 24.1 Å². The number of aryl methyl sites for hydroxylation is 1. The number of likely N-dealkylation sites (tertiary alicyclic amines) is 1. The molecule has 3 aromatic heterocycles. The first-order chi connectivity index (χ1) is 19.1. The van der Waals surface area contributed by atoms with E-state index in [0.717, 1.165) is 24.0 Å². The van der Waals surface area contributed by atoms with Gasteiger partial charge in [0.15, 0.2) is 5.65 Å². The summed E-state index contributed by atoms with van der Waals surface area (Å²) in [5.41, 5.74) is 9.18. The Morgan fingerprint density at radius 2 is 1.80 bits per heavy atom. The van der Waals surface area contributed by atoms with Gasteiger partial charge in [-0.1, -0.05) is 18.2 Å². The first-order valence-electron chi connectivity index (χ1n) is 13.4. The number of hydrogen-bond donors (Lipinski definition) is 2. The molecule has 206 valence electrons. The molecule has 1 saturated heterocycles. The van der Waals surface area contributed by atoms with Gasteiger partial charge in [-0.3, -0.25) is 4.79 Å². The molecule has 1 aromatic carbocycles. The lowest BCUT2D eigenvalue weighted by atomic mass is 10.1. The van der Waals surface area contributed by atoms with Crippen LogP contribution in [0, 0.1) is 12.8 Å². The van der Waals surface area contributed by atoms with Crippen molar-refractivity contribution in [3.63, 3.8) is 0 Å². The van der Waals surface area contributed by atoms with Crippen molar-refractivity contribution in [3.8, 4) is 11.3 Å². The number of nitrogens with one attached hydrogen (secondary N) is 1. The van der Waals surface area contributed by atoms with Gasteiger partial charge in [-0.15, -0.1) is 0 Å². The summed E-state index contributed by atoms with van der Waals surface area (Å²) in [6.45, 7) is 8.19. The molecule has 11 nitrogen and oxygen atoms in total. The van der Waals surface area contributed by atoms with Crippen molar-refractivity contribution in [2.24, 2.45) is 5.92 Å². The molecule has 40 heavy (non-hydrogen) atoms. The third kappa shape index (κ3) is 4.61. The molecule has 1 aliphatic carbocycles. The number of benzene rings is 1. The lowest BCUT2D eigenvalue weighted by molar-refractivity contribution is 0.0135. The van der Waals surface area contributed by atoms with Crippen molar-refractivity contribution >= 4 is 34.7 Å². The van der Waals surface area contributed by atoms with Gasteiger partial charge in [-0.05, 0) is 70.2 Å². The zero-order valence-electron chi connectivity index (χ0n) is 23.0. The molecular formula is C29H32N8O3. The van der Waals surface area contributed by atoms with Gasteiger partial charge in [0.05, 0.1) is 17.5 Å². The number of carbonyl (C=O) groups excluding carboxylic acids is 2. The highest BCUT2D eigenvalue weighted by Gasteiger charge is 2.49. The van der Waals surface area contributed by atoms with Crippen molar-refractivity contribution in [2.75, 3.05) is 17.6 Å². The number of nitrogens with zero attached hydrogens (tertiary/aromatic N) is 6. The summed E-state index contributed by atoms with van der Waals surface area (Å²) in [4.78, 5) is 40.7. The van der Waals surface area contributed by atoms with E-state index in [1.165, 1.54) is 6.33 Å². The molecule has 3 N–H and O–H groups in total. The first kappa shape index (κ1) is 25.7. The maximum atomic E-state index is 13.0. The smallest absolute Gasteiger partial charge is 0.410 e. The zero-order valence-corrected chi connectivity index (χ0v) is 23.0. The first-order valence-corrected chi connectivity index (χ1v) is 13.4. The van der Waals surface area contributed by atoms with Gasteiger partial charge >= 0.3 is 6.09 Å². The molecule has 4 heterocycles. The van der Waals surface area contributed by atoms with Crippen LogP contribution in [0.1, 0.15) is 55.6 Å². The Labute approximate surface area is 231 Å². The van der Waals surface area contributed by atoms with E-state index in [2.05, 4.69) is 20.3 Å². The fourth-order valence-electron chi connectivity index (χ4n) is 5.79. The van der Waals surface area contributed by atoms with Crippen molar-refractivity contribution < 1.29 is 14.3 Å². The van der Waals surface area contributed by atoms with Gasteiger partial charge in [-0.25, -0.2) is 24.4 Å². The molecule has 1 saturated carbocycles. The summed E-state index contributed by atoms with van der Waals surface area (Å²) in [5, 5.41) is 8.49. The largest absolute Gasteiger partial charge is 0.444 e. The third-order valence-corrected chi connectivity index (χ3v) is 7.57. The minimum Gasteiger partial charge on any atom is -0.444 e. The lowest BCUT2D eigenvalue weighted by Crippen LogP contribution is -2.45. The van der Waals surface area contributed by atoms with E-state index in [4.69, 9.17) is 15.6 Å². The van der Waals surface area contributed by atoms with Crippen molar-refractivity contribution in [2.45, 2.75) is 58.2 Å². The number of aromatic nitrogens is 5. The monoisotopic (exact) mass is 540 g/mol. The molecule has 11 heteroatoms. The highest BCUT2D eigenvalue weighted by atomic mass is 16.6. The van der Waals surface area contributed by atoms with E-state index in [9.17, 15) is 9.59 Å². The standard InChI is InChI=1S/C29H32N8O3/c1-16-6-5-11-31-25(16)34-27(38)19-9-7-18(8-10-19)23-22-24(30)32-15-33-26(22)37(35-23)21-13-17-12-20(21)36(14-17)28(39)40-29(2,3)4/h5-11,15,17,20-21H,12-14H2,1-4H3,(H2,30,32,33)(H,31,34,38)/t17-,20?,21?/m1/s1. The van der Waals surface area contributed by atoms with E-state index < -0.39 is 5.60 Å². The van der Waals surface area contributed by atoms with Crippen molar-refractivity contribution in [1.29, 1.82) is 0 Å². The molecule has 0 spiro atoms. The Hall–Kier alpha value is -4.54. The molecule has 2 bridgehead atoms. The van der Waals surface area contributed by atoms with Crippen LogP contribution in [0.15, 0.2) is 48.9 Å². The molecule has 0 radical (unpaired) electrons. The zero-order chi connectivity index (χ0) is 28.2. The van der Waals surface area contributed by atoms with Crippen LogP contribution in [-0.4, -0.2) is 59.8 Å². The average molecular weight is 541 g/mol. The topological polar surface area (TPSA) is 141 Å². The molecular weight excluding hydrogens is 508 g/mol. The number of piperidine rings is 1. The van der Waals surface area contributed by atoms with Crippen LogP contribution in [0.4, 0.5) is 16.4 Å². The maximum absolute atomic E-state index is 13.0. The normalized spacial score (nSPS) is 20.2. The Morgan fingerprint density at radius 1 is 1.05 bits per heavy atom. The van der Waals surface area contributed by atoms with Crippen LogP contribution >= 0.6 is 0 Å². The van der Waals surface area contributed by atoms with E-state index in [1.807, 2.05) is 61.5 Å². The van der Waals surface area contributed by atoms with Gasteiger partial charge in [-0.2, -0.15) is 5.10 Å². The summed E-state index contributed by atoms with van der Waals surface area (Å²) in [6, 6.07) is 10.8. The minimum absolute atomic E-state index is 0.0480. The molecule has 3 atom stereocenters. The van der Waals surface area contributed by atoms with Crippen molar-refractivity contribution in [3.05, 3.63) is 60.0 Å². The fraction of sp³-hybridized carbons (Fsp3) is 0.379. The number of nitrogen functional groups attached to an aromatic ring is 1. The minimum atomic E-state index is -0.568. The number of nitrogens with two attached hydrogens (primary N) is 1. The summed E-state index contributed by atoms with van der Waals surface area (Å²) in [7, 11) is 0. The fourth-order valence-corrected chi connectivity index (χ4v) is 5.79. The Morgan fingerprint density at radius 3 is 2.50 bits per heavy atom. The Balaban J connectivity index is 1.31. The van der Waals surface area contributed by atoms with Gasteiger partial charge in [0.1, 0.15) is 29.3 Å². The van der Waals surface area contributed by atoms with Crippen LogP contribution in [0.25, 0.3) is 22.3 Å². The van der Waals surface area contributed by atoms with Gasteiger partial charge in [0.2, 0.25) is 0 Å². The number of amides is 2. The molecule has 2 fully saturated rings. The molecule has 6 rings (SSSR count). The van der Waals surface area contributed by atoms with E-state index in [0.29, 0.717) is 46.4 Å². The van der Waals surface area contributed by atoms with Crippen LogP contribution in [0.3, 0.4) is 0 Å². The predicted octanol–water partition coefficient (Wildman–Crippen LogP) is 4.60. The third-order valence-electron chi connectivity index (χ3n) is 7.57. The second-order valence-corrected chi connectivity index (χ2v) is 11.6. The number of pyridine rings is 1. The van der Waals surface area contributed by atoms with Gasteiger partial charge < -0.3 is 20.7 Å². The number of anilines is 2. The van der Waals surface area contributed by atoms with E-state index >= 15 is 0 Å². The molecule has 1 aliphatic heterocycles. The number of hydrogen-bond acceptors (Lipinski definition) is 8. The summed E-state index contributed by atoms with van der Waals surface area (Å²) in [6.07, 6.45) is 4.55. The lowest BCUT2D eigenvalue weighted by Gasteiger charge is -2.34. The highest BCUT2D eigenvalue weighted by Crippen LogP contribution is 2.46. The molecule has 2 aliphatic rings. The second kappa shape index (κ2) is 9.58. The number of rotatable bonds is 4. The summed E-state index contributed by atoms with van der Waals surface area (Å²) < 4.78 is 7.59. The quantitative estimate of drug-likeness (QED) is 0.383. The van der Waals surface area contributed by atoms with Gasteiger partial charge in [0.25, 0.3) is 5.91 Å². The molecule has 4 aromatic rings.